The van der Waals surface area contributed by atoms with E-state index < -0.39 is 5.41 Å². The van der Waals surface area contributed by atoms with Crippen LogP contribution in [0.25, 0.3) is 0 Å². The van der Waals surface area contributed by atoms with Crippen molar-refractivity contribution in [2.45, 2.75) is 19.9 Å². The lowest BCUT2D eigenvalue weighted by atomic mass is 9.82. The molecule has 3 N–H and O–H groups in total. The van der Waals surface area contributed by atoms with E-state index in [4.69, 9.17) is 28.9 Å². The zero-order chi connectivity index (χ0) is 11.6. The second-order valence-electron chi connectivity index (χ2n) is 4.29. The molecule has 92 valence electrons. The Bertz CT molecular complexity index is 355. The predicted molar refractivity (Wildman–Crippen MR) is 71.5 cm³/mol. The minimum atomic E-state index is -0.422. The summed E-state index contributed by atoms with van der Waals surface area (Å²) < 4.78 is 0. The van der Waals surface area contributed by atoms with Crippen molar-refractivity contribution < 1.29 is 5.11 Å². The lowest BCUT2D eigenvalue weighted by molar-refractivity contribution is 0.132. The number of aliphatic hydroxyl groups excluding tert-OH is 1. The molecule has 5 heteroatoms. The second-order valence-corrected chi connectivity index (χ2v) is 5.13. The third-order valence-corrected chi connectivity index (χ3v) is 3.12. The van der Waals surface area contributed by atoms with Crippen LogP contribution >= 0.6 is 35.6 Å². The molecule has 1 aromatic carbocycles. The molecule has 0 aliphatic rings. The first kappa shape index (κ1) is 16.0. The van der Waals surface area contributed by atoms with E-state index in [9.17, 15) is 5.11 Å². The Labute approximate surface area is 112 Å². The van der Waals surface area contributed by atoms with Crippen LogP contribution in [0.1, 0.15) is 25.5 Å². The number of hydrogen-bond acceptors (Lipinski definition) is 2. The van der Waals surface area contributed by atoms with Crippen molar-refractivity contribution in [2.75, 3.05) is 6.61 Å². The molecule has 0 saturated carbocycles. The summed E-state index contributed by atoms with van der Waals surface area (Å²) in [6, 6.07) is 4.83. The smallest absolute Gasteiger partial charge is 0.0500 e. The van der Waals surface area contributed by atoms with Gasteiger partial charge in [0.15, 0.2) is 0 Å². The number of hydrogen-bond donors (Lipinski definition) is 2. The van der Waals surface area contributed by atoms with Gasteiger partial charge in [-0.1, -0.05) is 37.0 Å². The highest BCUT2D eigenvalue weighted by atomic mass is 35.5. The summed E-state index contributed by atoms with van der Waals surface area (Å²) in [7, 11) is 0. The van der Waals surface area contributed by atoms with Crippen LogP contribution in [-0.2, 0) is 0 Å². The zero-order valence-electron chi connectivity index (χ0n) is 9.21. The summed E-state index contributed by atoms with van der Waals surface area (Å²) in [6.07, 6.45) is 0. The fourth-order valence-electron chi connectivity index (χ4n) is 1.27. The molecule has 0 aromatic heterocycles. The van der Waals surface area contributed by atoms with Crippen LogP contribution in [0.3, 0.4) is 0 Å². The number of benzene rings is 1. The maximum atomic E-state index is 9.23. The Hall–Kier alpha value is 0.01000. The first-order valence-electron chi connectivity index (χ1n) is 4.70. The van der Waals surface area contributed by atoms with Gasteiger partial charge >= 0.3 is 0 Å². The van der Waals surface area contributed by atoms with Gasteiger partial charge in [0.05, 0.1) is 0 Å². The molecule has 0 radical (unpaired) electrons. The Morgan fingerprint density at radius 1 is 1.38 bits per heavy atom. The average Bonchev–Trinajstić information content (AvgIpc) is 2.20. The molecular formula is C11H16Cl3NO. The number of rotatable bonds is 3. The number of halogens is 3. The normalized spacial score (nSPS) is 13.1. The van der Waals surface area contributed by atoms with Crippen molar-refractivity contribution in [3.8, 4) is 0 Å². The highest BCUT2D eigenvalue weighted by Crippen LogP contribution is 2.35. The van der Waals surface area contributed by atoms with Gasteiger partial charge < -0.3 is 10.8 Å². The largest absolute Gasteiger partial charge is 0.396 e. The summed E-state index contributed by atoms with van der Waals surface area (Å²) in [5.41, 5.74) is 6.39. The van der Waals surface area contributed by atoms with Crippen LogP contribution in [0.4, 0.5) is 0 Å². The van der Waals surface area contributed by atoms with E-state index >= 15 is 0 Å². The van der Waals surface area contributed by atoms with Gasteiger partial charge in [-0.15, -0.1) is 12.4 Å². The molecule has 0 bridgehead atoms. The lowest BCUT2D eigenvalue weighted by Gasteiger charge is -2.30. The van der Waals surface area contributed by atoms with E-state index in [1.165, 1.54) is 0 Å². The van der Waals surface area contributed by atoms with Crippen molar-refractivity contribution in [1.29, 1.82) is 0 Å². The summed E-state index contributed by atoms with van der Waals surface area (Å²) in [5.74, 6) is 0. The first-order chi connectivity index (χ1) is 6.88. The molecule has 1 rings (SSSR count). The molecule has 0 fully saturated rings. The fraction of sp³-hybridized carbons (Fsp3) is 0.455. The lowest BCUT2D eigenvalue weighted by Crippen LogP contribution is -2.32. The van der Waals surface area contributed by atoms with Gasteiger partial charge in [-0.2, -0.15) is 0 Å². The van der Waals surface area contributed by atoms with Gasteiger partial charge in [-0.25, -0.2) is 0 Å². The van der Waals surface area contributed by atoms with Crippen molar-refractivity contribution in [3.05, 3.63) is 33.8 Å². The molecule has 0 saturated heterocycles. The van der Waals surface area contributed by atoms with E-state index in [1.54, 1.807) is 18.2 Å². The molecule has 0 spiro atoms. The minimum absolute atomic E-state index is 0. The van der Waals surface area contributed by atoms with Gasteiger partial charge in [0.25, 0.3) is 0 Å². The van der Waals surface area contributed by atoms with Gasteiger partial charge in [-0.3, -0.25) is 0 Å². The minimum Gasteiger partial charge on any atom is -0.396 e. The molecule has 0 heterocycles. The third kappa shape index (κ3) is 3.51. The Morgan fingerprint density at radius 3 is 2.44 bits per heavy atom. The number of nitrogens with two attached hydrogens (primary N) is 1. The van der Waals surface area contributed by atoms with Gasteiger partial charge in [0.1, 0.15) is 0 Å². The van der Waals surface area contributed by atoms with E-state index in [1.807, 2.05) is 13.8 Å². The molecule has 1 aromatic rings. The Kier molecular flexibility index (Phi) is 6.09. The van der Waals surface area contributed by atoms with E-state index in [-0.39, 0.29) is 25.1 Å². The first-order valence-corrected chi connectivity index (χ1v) is 5.45. The molecule has 1 atom stereocenters. The quantitative estimate of drug-likeness (QED) is 0.893. The fourth-order valence-corrected chi connectivity index (χ4v) is 1.69. The molecule has 16 heavy (non-hydrogen) atoms. The van der Waals surface area contributed by atoms with Crippen molar-refractivity contribution in [1.82, 2.24) is 0 Å². The number of aliphatic hydroxyl groups is 1. The zero-order valence-corrected chi connectivity index (χ0v) is 11.5. The SMILES string of the molecule is CC(C)(CO)[C@@H](N)c1cc(Cl)ccc1Cl.Cl. The monoisotopic (exact) mass is 283 g/mol. The third-order valence-electron chi connectivity index (χ3n) is 2.54. The van der Waals surface area contributed by atoms with Crippen LogP contribution < -0.4 is 5.73 Å². The van der Waals surface area contributed by atoms with Crippen molar-refractivity contribution in [3.63, 3.8) is 0 Å². The molecule has 0 unspecified atom stereocenters. The highest BCUT2D eigenvalue weighted by molar-refractivity contribution is 6.33. The Balaban J connectivity index is 0.00000225. The molecule has 0 aliphatic heterocycles. The van der Waals surface area contributed by atoms with E-state index in [0.717, 1.165) is 5.56 Å². The summed E-state index contributed by atoms with van der Waals surface area (Å²) in [5, 5.41) is 10.4. The average molecular weight is 285 g/mol. The van der Waals surface area contributed by atoms with E-state index in [0.29, 0.717) is 10.0 Å². The van der Waals surface area contributed by atoms with Crippen LogP contribution in [-0.4, -0.2) is 11.7 Å². The van der Waals surface area contributed by atoms with Crippen LogP contribution in [0.5, 0.6) is 0 Å². The molecule has 0 amide bonds. The van der Waals surface area contributed by atoms with Crippen LogP contribution in [0.15, 0.2) is 18.2 Å². The molecule has 2 nitrogen and oxygen atoms in total. The van der Waals surface area contributed by atoms with Crippen LogP contribution in [0, 0.1) is 5.41 Å². The second kappa shape index (κ2) is 6.08. The summed E-state index contributed by atoms with van der Waals surface area (Å²) in [4.78, 5) is 0. The Morgan fingerprint density at radius 2 is 1.94 bits per heavy atom. The summed E-state index contributed by atoms with van der Waals surface area (Å²) >= 11 is 11.9. The van der Waals surface area contributed by atoms with Gasteiger partial charge in [0.2, 0.25) is 0 Å². The standard InChI is InChI=1S/C11H15Cl2NO.ClH/c1-11(2,6-15)10(14)8-5-7(12)3-4-9(8)13;/h3-5,10,15H,6,14H2,1-2H3;1H/t10-;/m0./s1. The van der Waals surface area contributed by atoms with Crippen LogP contribution in [0.2, 0.25) is 10.0 Å². The topological polar surface area (TPSA) is 46.2 Å². The van der Waals surface area contributed by atoms with Crippen molar-refractivity contribution >= 4 is 35.6 Å². The van der Waals surface area contributed by atoms with E-state index in [2.05, 4.69) is 0 Å². The maximum absolute atomic E-state index is 9.23. The maximum Gasteiger partial charge on any atom is 0.0500 e. The highest BCUT2D eigenvalue weighted by Gasteiger charge is 2.28. The van der Waals surface area contributed by atoms with Gasteiger partial charge in [-0.05, 0) is 23.8 Å². The molecule has 0 aliphatic carbocycles. The van der Waals surface area contributed by atoms with Crippen molar-refractivity contribution in [2.24, 2.45) is 11.1 Å². The predicted octanol–water partition coefficient (Wildman–Crippen LogP) is 3.43. The van der Waals surface area contributed by atoms with Gasteiger partial charge in [0, 0.05) is 28.1 Å². The molecular weight excluding hydrogens is 268 g/mol. The summed E-state index contributed by atoms with van der Waals surface area (Å²) in [6.45, 7) is 3.76.